The first-order valence-corrected chi connectivity index (χ1v) is 13.6. The molecule has 186 valence electrons. The fraction of sp³-hybridized carbons (Fsp3) is 0.600. The van der Waals surface area contributed by atoms with Crippen molar-refractivity contribution in [1.82, 2.24) is 9.80 Å². The summed E-state index contributed by atoms with van der Waals surface area (Å²) in [6.45, 7) is 7.54. The number of benzene rings is 2. The van der Waals surface area contributed by atoms with Crippen LogP contribution in [0.3, 0.4) is 0 Å². The van der Waals surface area contributed by atoms with Crippen molar-refractivity contribution < 1.29 is 9.84 Å². The molecule has 2 aromatic carbocycles. The van der Waals surface area contributed by atoms with Crippen LogP contribution in [0.2, 0.25) is 0 Å². The molecule has 2 aliphatic heterocycles. The van der Waals surface area contributed by atoms with Crippen LogP contribution < -0.4 is 0 Å². The van der Waals surface area contributed by atoms with Crippen molar-refractivity contribution in [2.45, 2.75) is 57.7 Å². The van der Waals surface area contributed by atoms with Crippen molar-refractivity contribution in [3.8, 4) is 0 Å². The lowest BCUT2D eigenvalue weighted by atomic mass is 9.95. The Morgan fingerprint density at radius 2 is 1.26 bits per heavy atom. The summed E-state index contributed by atoms with van der Waals surface area (Å²) in [5.41, 5.74) is 2.86. The molecule has 1 unspecified atom stereocenters. The van der Waals surface area contributed by atoms with Gasteiger partial charge in [-0.15, -0.1) is 0 Å². The number of nitrogens with zero attached hydrogens (tertiary/aromatic N) is 2. The standard InChI is InChI=1S/C30H44N2O2/c33-30(29-17-23-32(24-18-29)20-14-27-11-5-2-6-12-27)34-25-28-15-21-31(22-16-28)19-8-7-13-26-9-3-1-4-10-26/h1-6,9-12,28-30,33H,7-8,13-25H2. The molecule has 1 N–H and O–H groups in total. The average molecular weight is 465 g/mol. The van der Waals surface area contributed by atoms with E-state index in [1.165, 1.54) is 62.9 Å². The zero-order valence-electron chi connectivity index (χ0n) is 20.9. The third-order valence-electron chi connectivity index (χ3n) is 7.84. The van der Waals surface area contributed by atoms with Crippen LogP contribution in [0.25, 0.3) is 0 Å². The van der Waals surface area contributed by atoms with E-state index in [9.17, 15) is 5.11 Å². The van der Waals surface area contributed by atoms with E-state index in [1.54, 1.807) is 0 Å². The Kier molecular flexibility index (Phi) is 10.4. The zero-order valence-corrected chi connectivity index (χ0v) is 20.9. The Labute approximate surface area is 206 Å². The Balaban J connectivity index is 1.03. The van der Waals surface area contributed by atoms with Crippen LogP contribution in [-0.2, 0) is 17.6 Å². The van der Waals surface area contributed by atoms with E-state index in [0.717, 1.165) is 45.5 Å². The van der Waals surface area contributed by atoms with Crippen molar-refractivity contribution in [3.05, 3.63) is 71.8 Å². The van der Waals surface area contributed by atoms with Gasteiger partial charge in [0.15, 0.2) is 6.29 Å². The Bertz CT molecular complexity index is 784. The maximum Gasteiger partial charge on any atom is 0.157 e. The van der Waals surface area contributed by atoms with Crippen LogP contribution in [0, 0.1) is 11.8 Å². The third kappa shape index (κ3) is 8.49. The summed E-state index contributed by atoms with van der Waals surface area (Å²) in [7, 11) is 0. The summed E-state index contributed by atoms with van der Waals surface area (Å²) < 4.78 is 5.99. The normalized spacial score (nSPS) is 19.9. The highest BCUT2D eigenvalue weighted by atomic mass is 16.6. The number of piperidine rings is 2. The molecule has 2 fully saturated rings. The number of rotatable bonds is 12. The van der Waals surface area contributed by atoms with Gasteiger partial charge in [-0.2, -0.15) is 0 Å². The first kappa shape index (κ1) is 25.4. The van der Waals surface area contributed by atoms with Gasteiger partial charge < -0.3 is 19.6 Å². The second-order valence-electron chi connectivity index (χ2n) is 10.4. The molecule has 4 rings (SSSR count). The summed E-state index contributed by atoms with van der Waals surface area (Å²) in [4.78, 5) is 5.15. The summed E-state index contributed by atoms with van der Waals surface area (Å²) in [6, 6.07) is 21.6. The molecule has 2 heterocycles. The molecule has 2 saturated heterocycles. The third-order valence-corrected chi connectivity index (χ3v) is 7.84. The quantitative estimate of drug-likeness (QED) is 0.354. The lowest BCUT2D eigenvalue weighted by Crippen LogP contribution is -2.40. The van der Waals surface area contributed by atoms with Crippen molar-refractivity contribution in [2.75, 3.05) is 45.9 Å². The number of aryl methyl sites for hydroxylation is 1. The van der Waals surface area contributed by atoms with E-state index in [1.807, 2.05) is 0 Å². The number of aliphatic hydroxyl groups excluding tert-OH is 1. The lowest BCUT2D eigenvalue weighted by Gasteiger charge is -2.35. The molecule has 34 heavy (non-hydrogen) atoms. The van der Waals surface area contributed by atoms with Crippen molar-refractivity contribution >= 4 is 0 Å². The highest BCUT2D eigenvalue weighted by Crippen LogP contribution is 2.24. The minimum Gasteiger partial charge on any atom is -0.368 e. The first-order chi connectivity index (χ1) is 16.8. The molecule has 0 aliphatic carbocycles. The monoisotopic (exact) mass is 464 g/mol. The average Bonchev–Trinajstić information content (AvgIpc) is 2.91. The van der Waals surface area contributed by atoms with Gasteiger partial charge in [0, 0.05) is 12.5 Å². The van der Waals surface area contributed by atoms with Crippen molar-refractivity contribution in [3.63, 3.8) is 0 Å². The van der Waals surface area contributed by atoms with Gasteiger partial charge in [-0.25, -0.2) is 0 Å². The van der Waals surface area contributed by atoms with Crippen molar-refractivity contribution in [2.24, 2.45) is 11.8 Å². The van der Waals surface area contributed by atoms with Gasteiger partial charge in [-0.1, -0.05) is 60.7 Å². The van der Waals surface area contributed by atoms with Crippen LogP contribution >= 0.6 is 0 Å². The van der Waals surface area contributed by atoms with Gasteiger partial charge in [0.25, 0.3) is 0 Å². The molecule has 4 heteroatoms. The smallest absolute Gasteiger partial charge is 0.157 e. The highest BCUT2D eigenvalue weighted by Gasteiger charge is 2.27. The van der Waals surface area contributed by atoms with Gasteiger partial charge in [0.1, 0.15) is 0 Å². The van der Waals surface area contributed by atoms with Crippen molar-refractivity contribution in [1.29, 1.82) is 0 Å². The van der Waals surface area contributed by atoms with Gasteiger partial charge in [0.05, 0.1) is 6.61 Å². The number of aliphatic hydroxyl groups is 1. The van der Waals surface area contributed by atoms with Crippen LogP contribution in [-0.4, -0.2) is 67.1 Å². The van der Waals surface area contributed by atoms with E-state index >= 15 is 0 Å². The number of likely N-dealkylation sites (tertiary alicyclic amines) is 2. The molecular formula is C30H44N2O2. The molecule has 0 bridgehead atoms. The van der Waals surface area contributed by atoms with E-state index in [0.29, 0.717) is 5.92 Å². The molecule has 0 saturated carbocycles. The second kappa shape index (κ2) is 14.0. The number of hydrogen-bond acceptors (Lipinski definition) is 4. The fourth-order valence-electron chi connectivity index (χ4n) is 5.45. The maximum atomic E-state index is 10.6. The van der Waals surface area contributed by atoms with Gasteiger partial charge in [-0.3, -0.25) is 0 Å². The number of unbranched alkanes of at least 4 members (excludes halogenated alkanes) is 1. The largest absolute Gasteiger partial charge is 0.368 e. The second-order valence-corrected chi connectivity index (χ2v) is 10.4. The number of ether oxygens (including phenoxy) is 1. The predicted molar refractivity (Wildman–Crippen MR) is 140 cm³/mol. The van der Waals surface area contributed by atoms with E-state index < -0.39 is 6.29 Å². The van der Waals surface area contributed by atoms with E-state index in [-0.39, 0.29) is 5.92 Å². The lowest BCUT2D eigenvalue weighted by molar-refractivity contribution is -0.154. The SMILES string of the molecule is OC(OCC1CCN(CCCCc2ccccc2)CC1)C1CCN(CCc2ccccc2)CC1. The molecule has 0 spiro atoms. The van der Waals surface area contributed by atoms with Crippen LogP contribution in [0.15, 0.2) is 60.7 Å². The molecule has 0 amide bonds. The minimum absolute atomic E-state index is 0.290. The van der Waals surface area contributed by atoms with E-state index in [2.05, 4.69) is 70.5 Å². The molecule has 2 aromatic rings. The fourth-order valence-corrected chi connectivity index (χ4v) is 5.45. The summed E-state index contributed by atoms with van der Waals surface area (Å²) >= 11 is 0. The summed E-state index contributed by atoms with van der Waals surface area (Å²) in [5.74, 6) is 0.888. The number of hydrogen-bond donors (Lipinski definition) is 1. The van der Waals surface area contributed by atoms with Crippen LogP contribution in [0.5, 0.6) is 0 Å². The first-order valence-electron chi connectivity index (χ1n) is 13.6. The minimum atomic E-state index is -0.590. The molecule has 0 radical (unpaired) electrons. The molecule has 2 aliphatic rings. The van der Waals surface area contributed by atoms with Crippen LogP contribution in [0.1, 0.15) is 49.7 Å². The predicted octanol–water partition coefficient (Wildman–Crippen LogP) is 5.01. The highest BCUT2D eigenvalue weighted by molar-refractivity contribution is 5.15. The van der Waals surface area contributed by atoms with Gasteiger partial charge in [-0.05, 0) is 101 Å². The van der Waals surface area contributed by atoms with E-state index in [4.69, 9.17) is 4.74 Å². The summed E-state index contributed by atoms with van der Waals surface area (Å²) in [5, 5.41) is 10.6. The molecular weight excluding hydrogens is 420 g/mol. The molecule has 0 aromatic heterocycles. The Morgan fingerprint density at radius 3 is 1.91 bits per heavy atom. The zero-order chi connectivity index (χ0) is 23.4. The van der Waals surface area contributed by atoms with Gasteiger partial charge >= 0.3 is 0 Å². The topological polar surface area (TPSA) is 35.9 Å². The van der Waals surface area contributed by atoms with Crippen LogP contribution in [0.4, 0.5) is 0 Å². The van der Waals surface area contributed by atoms with Gasteiger partial charge in [0.2, 0.25) is 0 Å². The molecule has 1 atom stereocenters. The Morgan fingerprint density at radius 1 is 0.706 bits per heavy atom. The Hall–Kier alpha value is -1.72. The maximum absolute atomic E-state index is 10.6. The molecule has 4 nitrogen and oxygen atoms in total. The summed E-state index contributed by atoms with van der Waals surface area (Å²) in [6.07, 6.45) is 8.72.